The molecular formula is C27H42O2. The number of hydrogen-bond donors (Lipinski definition) is 1. The molecule has 1 heterocycles. The molecule has 2 heteroatoms. The van der Waals surface area contributed by atoms with Crippen LogP contribution < -0.4 is 4.74 Å². The first-order valence-electron chi connectivity index (χ1n) is 11.9. The van der Waals surface area contributed by atoms with Crippen molar-refractivity contribution in [1.82, 2.24) is 0 Å². The van der Waals surface area contributed by atoms with E-state index in [2.05, 4.69) is 54.5 Å². The van der Waals surface area contributed by atoms with Gasteiger partial charge in [0.25, 0.3) is 0 Å². The second kappa shape index (κ2) is 8.36. The van der Waals surface area contributed by atoms with Crippen LogP contribution >= 0.6 is 0 Å². The van der Waals surface area contributed by atoms with Gasteiger partial charge in [0.1, 0.15) is 17.1 Å². The fourth-order valence-corrected chi connectivity index (χ4v) is 5.18. The highest BCUT2D eigenvalue weighted by Crippen LogP contribution is 2.52. The molecule has 1 aliphatic carbocycles. The molecule has 29 heavy (non-hydrogen) atoms. The number of phenolic OH excluding ortho intramolecular Hbond substituents is 1. The zero-order valence-corrected chi connectivity index (χ0v) is 19.8. The molecule has 2 unspecified atom stereocenters. The lowest BCUT2D eigenvalue weighted by atomic mass is 9.73. The molecule has 2 aliphatic rings. The molecule has 1 aliphatic heterocycles. The topological polar surface area (TPSA) is 29.5 Å². The van der Waals surface area contributed by atoms with Gasteiger partial charge in [0.05, 0.1) is 5.56 Å². The van der Waals surface area contributed by atoms with Gasteiger partial charge in [-0.05, 0) is 74.1 Å². The SMILES string of the molecule is CCCCCCC(C)(C)c1cc(O)c2c(c1)OC(C)(C)C(C)C1=C2CC(C)CC1. The predicted molar refractivity (Wildman–Crippen MR) is 124 cm³/mol. The molecule has 2 nitrogen and oxygen atoms in total. The lowest BCUT2D eigenvalue weighted by molar-refractivity contribution is 0.0672. The Balaban J connectivity index is 2.03. The van der Waals surface area contributed by atoms with E-state index in [9.17, 15) is 5.11 Å². The summed E-state index contributed by atoms with van der Waals surface area (Å²) in [6.07, 6.45) is 9.61. The summed E-state index contributed by atoms with van der Waals surface area (Å²) < 4.78 is 6.64. The maximum absolute atomic E-state index is 11.2. The van der Waals surface area contributed by atoms with Crippen molar-refractivity contribution >= 4 is 5.57 Å². The van der Waals surface area contributed by atoms with E-state index in [4.69, 9.17) is 4.74 Å². The van der Waals surface area contributed by atoms with Gasteiger partial charge in [-0.2, -0.15) is 0 Å². The summed E-state index contributed by atoms with van der Waals surface area (Å²) in [5.41, 5.74) is 4.76. The predicted octanol–water partition coefficient (Wildman–Crippen LogP) is 8.02. The first-order valence-corrected chi connectivity index (χ1v) is 11.9. The highest BCUT2D eigenvalue weighted by molar-refractivity contribution is 5.80. The molecule has 1 aromatic rings. The summed E-state index contributed by atoms with van der Waals surface area (Å²) >= 11 is 0. The van der Waals surface area contributed by atoms with Gasteiger partial charge in [-0.15, -0.1) is 0 Å². The van der Waals surface area contributed by atoms with E-state index in [1.54, 1.807) is 0 Å². The quantitative estimate of drug-likeness (QED) is 0.491. The van der Waals surface area contributed by atoms with Crippen molar-refractivity contribution in [3.8, 4) is 11.5 Å². The second-order valence-electron chi connectivity index (χ2n) is 10.8. The minimum Gasteiger partial charge on any atom is -0.507 e. The van der Waals surface area contributed by atoms with Crippen LogP contribution in [0.5, 0.6) is 11.5 Å². The van der Waals surface area contributed by atoms with E-state index in [0.29, 0.717) is 17.6 Å². The van der Waals surface area contributed by atoms with Crippen molar-refractivity contribution in [3.63, 3.8) is 0 Å². The number of rotatable bonds is 6. The van der Waals surface area contributed by atoms with Crippen LogP contribution in [-0.2, 0) is 5.41 Å². The van der Waals surface area contributed by atoms with Crippen LogP contribution in [0.25, 0.3) is 5.57 Å². The average Bonchev–Trinajstić information content (AvgIpc) is 2.71. The number of phenols is 1. The molecule has 0 radical (unpaired) electrons. The van der Waals surface area contributed by atoms with E-state index < -0.39 is 0 Å². The Morgan fingerprint density at radius 2 is 1.86 bits per heavy atom. The fraction of sp³-hybridized carbons (Fsp3) is 0.704. The van der Waals surface area contributed by atoms with Crippen molar-refractivity contribution in [3.05, 3.63) is 28.8 Å². The normalized spacial score (nSPS) is 23.8. The Bertz CT molecular complexity index is 769. The van der Waals surface area contributed by atoms with Gasteiger partial charge in [0.15, 0.2) is 0 Å². The Hall–Kier alpha value is -1.44. The van der Waals surface area contributed by atoms with Crippen molar-refractivity contribution in [2.24, 2.45) is 11.8 Å². The number of allylic oxidation sites excluding steroid dienone is 1. The molecule has 162 valence electrons. The minimum absolute atomic E-state index is 0.0305. The number of benzene rings is 1. The molecule has 0 saturated heterocycles. The van der Waals surface area contributed by atoms with Gasteiger partial charge < -0.3 is 9.84 Å². The zero-order chi connectivity index (χ0) is 21.4. The van der Waals surface area contributed by atoms with E-state index in [1.807, 2.05) is 6.07 Å². The molecule has 0 fully saturated rings. The fourth-order valence-electron chi connectivity index (χ4n) is 5.18. The van der Waals surface area contributed by atoms with Crippen LogP contribution in [0.4, 0.5) is 0 Å². The van der Waals surface area contributed by atoms with Gasteiger partial charge in [-0.3, -0.25) is 0 Å². The van der Waals surface area contributed by atoms with E-state index in [1.165, 1.54) is 48.8 Å². The van der Waals surface area contributed by atoms with Crippen LogP contribution in [0, 0.1) is 11.8 Å². The Morgan fingerprint density at radius 1 is 1.14 bits per heavy atom. The van der Waals surface area contributed by atoms with Gasteiger partial charge >= 0.3 is 0 Å². The van der Waals surface area contributed by atoms with Crippen LogP contribution in [0.15, 0.2) is 17.7 Å². The smallest absolute Gasteiger partial charge is 0.131 e. The highest BCUT2D eigenvalue weighted by atomic mass is 16.5. The summed E-state index contributed by atoms with van der Waals surface area (Å²) in [6.45, 7) is 15.9. The van der Waals surface area contributed by atoms with Crippen molar-refractivity contribution < 1.29 is 9.84 Å². The summed E-state index contributed by atoms with van der Waals surface area (Å²) in [6, 6.07) is 4.26. The Morgan fingerprint density at radius 3 is 2.55 bits per heavy atom. The monoisotopic (exact) mass is 398 g/mol. The van der Waals surface area contributed by atoms with E-state index >= 15 is 0 Å². The third-order valence-electron chi connectivity index (χ3n) is 7.61. The summed E-state index contributed by atoms with van der Waals surface area (Å²) in [5, 5.41) is 11.2. The molecule has 1 N–H and O–H groups in total. The van der Waals surface area contributed by atoms with Gasteiger partial charge in [-0.1, -0.05) is 65.9 Å². The molecule has 0 aromatic heterocycles. The van der Waals surface area contributed by atoms with Crippen LogP contribution in [0.3, 0.4) is 0 Å². The number of fused-ring (bicyclic) bond motifs is 2. The first-order chi connectivity index (χ1) is 13.6. The number of unbranched alkanes of at least 4 members (excludes halogenated alkanes) is 3. The number of hydrogen-bond acceptors (Lipinski definition) is 2. The molecule has 0 saturated carbocycles. The van der Waals surface area contributed by atoms with Crippen molar-refractivity contribution in [1.29, 1.82) is 0 Å². The minimum atomic E-state index is -0.275. The van der Waals surface area contributed by atoms with Gasteiger partial charge in [0, 0.05) is 5.92 Å². The highest BCUT2D eigenvalue weighted by Gasteiger charge is 2.39. The third kappa shape index (κ3) is 4.52. The molecule has 0 amide bonds. The summed E-state index contributed by atoms with van der Waals surface area (Å²) in [4.78, 5) is 0. The van der Waals surface area contributed by atoms with Crippen LogP contribution in [-0.4, -0.2) is 10.7 Å². The lowest BCUT2D eigenvalue weighted by Gasteiger charge is -2.34. The molecule has 0 bridgehead atoms. The zero-order valence-electron chi connectivity index (χ0n) is 19.8. The summed E-state index contributed by atoms with van der Waals surface area (Å²) in [5.74, 6) is 2.30. The molecule has 2 atom stereocenters. The largest absolute Gasteiger partial charge is 0.507 e. The lowest BCUT2D eigenvalue weighted by Crippen LogP contribution is -2.36. The maximum atomic E-state index is 11.2. The summed E-state index contributed by atoms with van der Waals surface area (Å²) in [7, 11) is 0. The van der Waals surface area contributed by atoms with Crippen LogP contribution in [0.1, 0.15) is 111 Å². The van der Waals surface area contributed by atoms with Crippen LogP contribution in [0.2, 0.25) is 0 Å². The van der Waals surface area contributed by atoms with E-state index in [0.717, 1.165) is 30.6 Å². The maximum Gasteiger partial charge on any atom is 0.131 e. The molecule has 0 spiro atoms. The first kappa shape index (κ1) is 22.2. The molecule has 3 rings (SSSR count). The van der Waals surface area contributed by atoms with Crippen molar-refractivity contribution in [2.45, 2.75) is 111 Å². The molecular weight excluding hydrogens is 356 g/mol. The van der Waals surface area contributed by atoms with E-state index in [-0.39, 0.29) is 11.0 Å². The standard InChI is InChI=1S/C27H42O2/c1-8-9-10-11-14-26(4,5)20-16-23(28)25-22-15-18(2)12-13-21(22)19(3)27(6,7)29-24(25)17-20/h16-19,28H,8-15H2,1-7H3. The number of ether oxygens (including phenoxy) is 1. The Labute approximate surface area is 178 Å². The van der Waals surface area contributed by atoms with Gasteiger partial charge in [0.2, 0.25) is 0 Å². The Kier molecular flexibility index (Phi) is 6.41. The molecule has 1 aromatic carbocycles. The third-order valence-corrected chi connectivity index (χ3v) is 7.61. The second-order valence-corrected chi connectivity index (χ2v) is 10.8. The average molecular weight is 399 g/mol. The van der Waals surface area contributed by atoms with Gasteiger partial charge in [-0.25, -0.2) is 0 Å². The number of aromatic hydroxyl groups is 1. The van der Waals surface area contributed by atoms with Crippen molar-refractivity contribution in [2.75, 3.05) is 0 Å².